The Hall–Kier alpha value is -2.19. The Morgan fingerprint density at radius 1 is 1.36 bits per heavy atom. The van der Waals surface area contributed by atoms with Gasteiger partial charge in [0.15, 0.2) is 17.3 Å². The van der Waals surface area contributed by atoms with E-state index in [-0.39, 0.29) is 17.1 Å². The fourth-order valence-electron chi connectivity index (χ4n) is 1.79. The third-order valence-corrected chi connectivity index (χ3v) is 3.77. The number of ether oxygens (including phenoxy) is 2. The highest BCUT2D eigenvalue weighted by Crippen LogP contribution is 2.32. The third kappa shape index (κ3) is 3.52. The molecule has 3 N–H and O–H groups in total. The van der Waals surface area contributed by atoms with Gasteiger partial charge in [-0.15, -0.1) is 11.3 Å². The third-order valence-electron chi connectivity index (χ3n) is 2.86. The molecule has 8 heteroatoms. The minimum absolute atomic E-state index is 0.00368. The lowest BCUT2D eigenvalue weighted by Gasteiger charge is -2.11. The van der Waals surface area contributed by atoms with Gasteiger partial charge in [-0.1, -0.05) is 0 Å². The molecule has 1 aromatic carbocycles. The predicted octanol–water partition coefficient (Wildman–Crippen LogP) is 2.05. The van der Waals surface area contributed by atoms with Crippen molar-refractivity contribution in [3.05, 3.63) is 34.0 Å². The van der Waals surface area contributed by atoms with Crippen molar-refractivity contribution in [1.29, 1.82) is 0 Å². The van der Waals surface area contributed by atoms with E-state index in [0.717, 1.165) is 11.1 Å². The number of nitrogens with one attached hydrogen (secondary N) is 1. The van der Waals surface area contributed by atoms with E-state index in [9.17, 15) is 9.18 Å². The number of benzene rings is 1. The normalized spacial score (nSPS) is 10.4. The number of carbonyl (C=O) groups excluding carboxylic acids is 1. The molecule has 0 bridgehead atoms. The number of methoxy groups -OCH3 is 2. The van der Waals surface area contributed by atoms with Crippen LogP contribution in [0.2, 0.25) is 0 Å². The first-order valence-corrected chi connectivity index (χ1v) is 7.34. The van der Waals surface area contributed by atoms with Gasteiger partial charge in [0.25, 0.3) is 5.91 Å². The SMILES string of the molecule is COc1cc(F)c(NC(=O)c2csc(CCN)n2)cc1OC. The van der Waals surface area contributed by atoms with Gasteiger partial charge in [-0.2, -0.15) is 0 Å². The maximum absolute atomic E-state index is 14.0. The van der Waals surface area contributed by atoms with Crippen molar-refractivity contribution in [2.24, 2.45) is 5.73 Å². The molecule has 0 saturated carbocycles. The molecular weight excluding hydrogens is 309 g/mol. The average Bonchev–Trinajstić information content (AvgIpc) is 2.98. The number of anilines is 1. The van der Waals surface area contributed by atoms with Crippen molar-refractivity contribution in [2.45, 2.75) is 6.42 Å². The minimum atomic E-state index is -0.622. The van der Waals surface area contributed by atoms with E-state index < -0.39 is 11.7 Å². The van der Waals surface area contributed by atoms with Crippen molar-refractivity contribution in [3.63, 3.8) is 0 Å². The highest BCUT2D eigenvalue weighted by molar-refractivity contribution is 7.09. The van der Waals surface area contributed by atoms with Crippen molar-refractivity contribution in [2.75, 3.05) is 26.1 Å². The van der Waals surface area contributed by atoms with Gasteiger partial charge in [-0.25, -0.2) is 9.37 Å². The molecule has 2 rings (SSSR count). The Morgan fingerprint density at radius 3 is 2.68 bits per heavy atom. The molecule has 1 heterocycles. The molecule has 0 unspecified atom stereocenters. The van der Waals surface area contributed by atoms with Gasteiger partial charge in [-0.3, -0.25) is 4.79 Å². The summed E-state index contributed by atoms with van der Waals surface area (Å²) in [5, 5.41) is 4.85. The van der Waals surface area contributed by atoms with Crippen molar-refractivity contribution >= 4 is 22.9 Å². The highest BCUT2D eigenvalue weighted by atomic mass is 32.1. The predicted molar refractivity (Wildman–Crippen MR) is 82.3 cm³/mol. The van der Waals surface area contributed by atoms with Crippen LogP contribution in [-0.4, -0.2) is 31.7 Å². The Balaban J connectivity index is 2.20. The monoisotopic (exact) mass is 325 g/mol. The Bertz CT molecular complexity index is 675. The van der Waals surface area contributed by atoms with Gasteiger partial charge in [0, 0.05) is 23.9 Å². The summed E-state index contributed by atoms with van der Waals surface area (Å²) in [5.74, 6) is -0.549. The van der Waals surface area contributed by atoms with Crippen LogP contribution in [0.5, 0.6) is 11.5 Å². The number of thiazole rings is 1. The summed E-state index contributed by atoms with van der Waals surface area (Å²) >= 11 is 1.34. The number of rotatable bonds is 6. The van der Waals surface area contributed by atoms with E-state index in [4.69, 9.17) is 15.2 Å². The summed E-state index contributed by atoms with van der Waals surface area (Å²) in [4.78, 5) is 16.3. The fourth-order valence-corrected chi connectivity index (χ4v) is 2.58. The summed E-state index contributed by atoms with van der Waals surface area (Å²) in [6.07, 6.45) is 0.600. The van der Waals surface area contributed by atoms with Crippen molar-refractivity contribution in [1.82, 2.24) is 4.98 Å². The molecule has 0 atom stereocenters. The van der Waals surface area contributed by atoms with Gasteiger partial charge in [0.05, 0.1) is 24.9 Å². The lowest BCUT2D eigenvalue weighted by molar-refractivity contribution is 0.102. The number of carbonyl (C=O) groups is 1. The zero-order valence-electron chi connectivity index (χ0n) is 12.2. The molecular formula is C14H16FN3O3S. The summed E-state index contributed by atoms with van der Waals surface area (Å²) in [5.41, 5.74) is 5.66. The van der Waals surface area contributed by atoms with Gasteiger partial charge in [0.1, 0.15) is 5.69 Å². The quantitative estimate of drug-likeness (QED) is 0.849. The molecule has 0 fully saturated rings. The molecule has 0 saturated heterocycles. The molecule has 0 radical (unpaired) electrons. The Labute approximate surface area is 131 Å². The first kappa shape index (κ1) is 16.2. The van der Waals surface area contributed by atoms with Crippen LogP contribution in [-0.2, 0) is 6.42 Å². The molecule has 0 aliphatic carbocycles. The van der Waals surface area contributed by atoms with E-state index in [1.807, 2.05) is 0 Å². The van der Waals surface area contributed by atoms with Gasteiger partial charge in [0.2, 0.25) is 0 Å². The molecule has 2 aromatic rings. The minimum Gasteiger partial charge on any atom is -0.493 e. The summed E-state index contributed by atoms with van der Waals surface area (Å²) < 4.78 is 24.0. The van der Waals surface area contributed by atoms with Crippen molar-refractivity contribution in [3.8, 4) is 11.5 Å². The van der Waals surface area contributed by atoms with Gasteiger partial charge >= 0.3 is 0 Å². The number of hydrogen-bond donors (Lipinski definition) is 2. The first-order chi connectivity index (χ1) is 10.6. The highest BCUT2D eigenvalue weighted by Gasteiger charge is 2.16. The van der Waals surface area contributed by atoms with Gasteiger partial charge in [-0.05, 0) is 6.54 Å². The fraction of sp³-hybridized carbons (Fsp3) is 0.286. The van der Waals surface area contributed by atoms with E-state index in [0.29, 0.717) is 18.7 Å². The number of hydrogen-bond acceptors (Lipinski definition) is 6. The lowest BCUT2D eigenvalue weighted by Crippen LogP contribution is -2.14. The van der Waals surface area contributed by atoms with Crippen LogP contribution in [0.4, 0.5) is 10.1 Å². The second-order valence-electron chi connectivity index (χ2n) is 4.31. The lowest BCUT2D eigenvalue weighted by atomic mass is 10.2. The maximum atomic E-state index is 14.0. The Morgan fingerprint density at radius 2 is 2.05 bits per heavy atom. The van der Waals surface area contributed by atoms with E-state index in [1.54, 1.807) is 5.38 Å². The molecule has 6 nitrogen and oxygen atoms in total. The second-order valence-corrected chi connectivity index (χ2v) is 5.25. The van der Waals surface area contributed by atoms with Crippen LogP contribution in [0, 0.1) is 5.82 Å². The first-order valence-electron chi connectivity index (χ1n) is 6.46. The number of aromatic nitrogens is 1. The number of amides is 1. The van der Waals surface area contributed by atoms with E-state index in [2.05, 4.69) is 10.3 Å². The molecule has 1 aromatic heterocycles. The standard InChI is InChI=1S/C14H16FN3O3S/c1-20-11-5-8(15)9(6-12(11)21-2)18-14(19)10-7-22-13(17-10)3-4-16/h5-7H,3-4,16H2,1-2H3,(H,18,19). The van der Waals surface area contributed by atoms with E-state index >= 15 is 0 Å². The molecule has 0 aliphatic heterocycles. The van der Waals surface area contributed by atoms with Crippen LogP contribution < -0.4 is 20.5 Å². The van der Waals surface area contributed by atoms with Crippen LogP contribution >= 0.6 is 11.3 Å². The smallest absolute Gasteiger partial charge is 0.275 e. The number of halogens is 1. The average molecular weight is 325 g/mol. The number of nitrogens with zero attached hydrogens (tertiary/aromatic N) is 1. The summed E-state index contributed by atoms with van der Waals surface area (Å²) in [6, 6.07) is 2.51. The molecule has 1 amide bonds. The zero-order valence-corrected chi connectivity index (χ0v) is 13.0. The molecule has 118 valence electrons. The molecule has 22 heavy (non-hydrogen) atoms. The molecule has 0 aliphatic rings. The van der Waals surface area contributed by atoms with Crippen LogP contribution in [0.1, 0.15) is 15.5 Å². The summed E-state index contributed by atoms with van der Waals surface area (Å²) in [6.45, 7) is 0.457. The second kappa shape index (κ2) is 7.19. The molecule has 0 spiro atoms. The van der Waals surface area contributed by atoms with Crippen LogP contribution in [0.15, 0.2) is 17.5 Å². The topological polar surface area (TPSA) is 86.5 Å². The van der Waals surface area contributed by atoms with Crippen molar-refractivity contribution < 1.29 is 18.7 Å². The van der Waals surface area contributed by atoms with Crippen LogP contribution in [0.3, 0.4) is 0 Å². The zero-order chi connectivity index (χ0) is 16.1. The van der Waals surface area contributed by atoms with Crippen LogP contribution in [0.25, 0.3) is 0 Å². The number of nitrogens with two attached hydrogens (primary N) is 1. The summed E-state index contributed by atoms with van der Waals surface area (Å²) in [7, 11) is 2.84. The largest absolute Gasteiger partial charge is 0.493 e. The van der Waals surface area contributed by atoms with E-state index in [1.165, 1.54) is 31.6 Å². The van der Waals surface area contributed by atoms with Gasteiger partial charge < -0.3 is 20.5 Å². The Kier molecular flexibility index (Phi) is 5.29. The maximum Gasteiger partial charge on any atom is 0.275 e.